The molecule has 0 spiro atoms. The Kier molecular flexibility index (Phi) is 4.07. The van der Waals surface area contributed by atoms with E-state index in [4.69, 9.17) is 18.0 Å². The summed E-state index contributed by atoms with van der Waals surface area (Å²) in [5, 5.41) is 0. The van der Waals surface area contributed by atoms with Crippen molar-refractivity contribution >= 4 is 17.2 Å². The lowest BCUT2D eigenvalue weighted by Gasteiger charge is -2.30. The molecule has 0 saturated carbocycles. The lowest BCUT2D eigenvalue weighted by Crippen LogP contribution is -2.32. The Morgan fingerprint density at radius 3 is 2.88 bits per heavy atom. The van der Waals surface area contributed by atoms with Crippen LogP contribution in [0.3, 0.4) is 0 Å². The van der Waals surface area contributed by atoms with E-state index < -0.39 is 0 Å². The standard InChI is InChI=1S/C13H19N3S/c1-10-3-6-16(7-4-10)9-11-2-5-15-12(8-11)13(14)17/h2,5,8,10H,3-4,6-7,9H2,1H3,(H2,14,17). The molecule has 0 amide bonds. The maximum Gasteiger partial charge on any atom is 0.122 e. The van der Waals surface area contributed by atoms with Crippen LogP contribution in [0.1, 0.15) is 31.0 Å². The van der Waals surface area contributed by atoms with Crippen molar-refractivity contribution in [2.45, 2.75) is 26.3 Å². The first-order chi connectivity index (χ1) is 8.15. The van der Waals surface area contributed by atoms with Gasteiger partial charge in [-0.05, 0) is 49.5 Å². The van der Waals surface area contributed by atoms with E-state index in [1.807, 2.05) is 12.1 Å². The van der Waals surface area contributed by atoms with Gasteiger partial charge in [0.15, 0.2) is 0 Å². The van der Waals surface area contributed by atoms with Gasteiger partial charge in [-0.25, -0.2) is 0 Å². The van der Waals surface area contributed by atoms with Crippen molar-refractivity contribution in [2.24, 2.45) is 11.7 Å². The molecule has 0 aliphatic carbocycles. The number of nitrogens with two attached hydrogens (primary N) is 1. The molecular formula is C13H19N3S. The summed E-state index contributed by atoms with van der Waals surface area (Å²) < 4.78 is 0. The fraction of sp³-hybridized carbons (Fsp3) is 0.538. The highest BCUT2D eigenvalue weighted by molar-refractivity contribution is 7.80. The number of rotatable bonds is 3. The van der Waals surface area contributed by atoms with Crippen LogP contribution in [0.5, 0.6) is 0 Å². The lowest BCUT2D eigenvalue weighted by molar-refractivity contribution is 0.185. The van der Waals surface area contributed by atoms with Crippen LogP contribution in [0.4, 0.5) is 0 Å². The quantitative estimate of drug-likeness (QED) is 0.831. The average molecular weight is 249 g/mol. The van der Waals surface area contributed by atoms with Gasteiger partial charge in [-0.3, -0.25) is 9.88 Å². The van der Waals surface area contributed by atoms with Crippen molar-refractivity contribution in [3.8, 4) is 0 Å². The van der Waals surface area contributed by atoms with Crippen LogP contribution in [-0.2, 0) is 6.54 Å². The van der Waals surface area contributed by atoms with Crippen molar-refractivity contribution in [3.05, 3.63) is 29.6 Å². The fourth-order valence-electron chi connectivity index (χ4n) is 2.19. The van der Waals surface area contributed by atoms with Crippen LogP contribution in [0, 0.1) is 5.92 Å². The summed E-state index contributed by atoms with van der Waals surface area (Å²) in [4.78, 5) is 7.02. The lowest BCUT2D eigenvalue weighted by atomic mass is 9.99. The van der Waals surface area contributed by atoms with Crippen molar-refractivity contribution in [1.82, 2.24) is 9.88 Å². The third kappa shape index (κ3) is 3.48. The Morgan fingerprint density at radius 2 is 2.24 bits per heavy atom. The van der Waals surface area contributed by atoms with E-state index >= 15 is 0 Å². The van der Waals surface area contributed by atoms with E-state index in [0.29, 0.717) is 4.99 Å². The van der Waals surface area contributed by atoms with Crippen LogP contribution in [0.2, 0.25) is 0 Å². The molecule has 1 fully saturated rings. The molecule has 2 N–H and O–H groups in total. The number of hydrogen-bond acceptors (Lipinski definition) is 3. The van der Waals surface area contributed by atoms with E-state index in [2.05, 4.69) is 16.8 Å². The van der Waals surface area contributed by atoms with Gasteiger partial charge in [0.2, 0.25) is 0 Å². The molecule has 17 heavy (non-hydrogen) atoms. The van der Waals surface area contributed by atoms with Gasteiger partial charge in [-0.2, -0.15) is 0 Å². The number of hydrogen-bond donors (Lipinski definition) is 1. The van der Waals surface area contributed by atoms with Gasteiger partial charge >= 0.3 is 0 Å². The molecule has 0 bridgehead atoms. The van der Waals surface area contributed by atoms with Crippen LogP contribution in [-0.4, -0.2) is 28.0 Å². The Bertz CT molecular complexity index is 397. The molecule has 0 radical (unpaired) electrons. The predicted octanol–water partition coefficient (Wildman–Crippen LogP) is 1.95. The zero-order valence-corrected chi connectivity index (χ0v) is 11.0. The molecule has 4 heteroatoms. The van der Waals surface area contributed by atoms with Gasteiger partial charge < -0.3 is 5.73 Å². The SMILES string of the molecule is CC1CCN(Cc2ccnc(C(N)=S)c2)CC1. The Hall–Kier alpha value is -1.00. The Balaban J connectivity index is 1.98. The second-order valence-electron chi connectivity index (χ2n) is 4.87. The van der Waals surface area contributed by atoms with Crippen LogP contribution in [0.15, 0.2) is 18.3 Å². The molecule has 3 nitrogen and oxygen atoms in total. The summed E-state index contributed by atoms with van der Waals surface area (Å²) >= 11 is 4.94. The minimum atomic E-state index is 0.374. The zero-order valence-electron chi connectivity index (χ0n) is 10.2. The third-order valence-electron chi connectivity index (χ3n) is 3.36. The number of likely N-dealkylation sites (tertiary alicyclic amines) is 1. The van der Waals surface area contributed by atoms with Gasteiger partial charge in [-0.15, -0.1) is 0 Å². The molecule has 92 valence electrons. The molecule has 1 aliphatic rings. The second-order valence-corrected chi connectivity index (χ2v) is 5.31. The topological polar surface area (TPSA) is 42.2 Å². The van der Waals surface area contributed by atoms with Gasteiger partial charge in [-0.1, -0.05) is 19.1 Å². The molecule has 0 aromatic carbocycles. The minimum absolute atomic E-state index is 0.374. The Labute approximate surface area is 108 Å². The summed E-state index contributed by atoms with van der Waals surface area (Å²) in [6.07, 6.45) is 4.39. The number of piperidine rings is 1. The van der Waals surface area contributed by atoms with E-state index in [-0.39, 0.29) is 0 Å². The molecule has 2 rings (SSSR count). The summed E-state index contributed by atoms with van der Waals surface area (Å²) in [7, 11) is 0. The average Bonchev–Trinajstić information content (AvgIpc) is 2.32. The fourth-order valence-corrected chi connectivity index (χ4v) is 2.30. The minimum Gasteiger partial charge on any atom is -0.388 e. The Morgan fingerprint density at radius 1 is 1.53 bits per heavy atom. The third-order valence-corrected chi connectivity index (χ3v) is 3.57. The zero-order chi connectivity index (χ0) is 12.3. The van der Waals surface area contributed by atoms with E-state index in [1.165, 1.54) is 31.5 Å². The second kappa shape index (κ2) is 5.56. The van der Waals surface area contributed by atoms with E-state index in [9.17, 15) is 0 Å². The van der Waals surface area contributed by atoms with Crippen molar-refractivity contribution in [2.75, 3.05) is 13.1 Å². The van der Waals surface area contributed by atoms with Crippen molar-refractivity contribution < 1.29 is 0 Å². The maximum absolute atomic E-state index is 5.59. The first-order valence-electron chi connectivity index (χ1n) is 6.12. The molecule has 0 unspecified atom stereocenters. The van der Waals surface area contributed by atoms with Gasteiger partial charge in [0.1, 0.15) is 4.99 Å². The molecule has 1 aromatic heterocycles. The first kappa shape index (κ1) is 12.5. The number of aromatic nitrogens is 1. The molecule has 2 heterocycles. The molecule has 1 saturated heterocycles. The van der Waals surface area contributed by atoms with Crippen LogP contribution >= 0.6 is 12.2 Å². The normalized spacial score (nSPS) is 18.2. The van der Waals surface area contributed by atoms with Crippen molar-refractivity contribution in [3.63, 3.8) is 0 Å². The molecule has 1 aliphatic heterocycles. The largest absolute Gasteiger partial charge is 0.388 e. The highest BCUT2D eigenvalue weighted by atomic mass is 32.1. The number of pyridine rings is 1. The number of thiocarbonyl (C=S) groups is 1. The predicted molar refractivity (Wildman–Crippen MR) is 73.8 cm³/mol. The van der Waals surface area contributed by atoms with Crippen LogP contribution < -0.4 is 5.73 Å². The maximum atomic E-state index is 5.59. The first-order valence-corrected chi connectivity index (χ1v) is 6.53. The van der Waals surface area contributed by atoms with Gasteiger partial charge in [0.25, 0.3) is 0 Å². The highest BCUT2D eigenvalue weighted by Gasteiger charge is 2.15. The monoisotopic (exact) mass is 249 g/mol. The summed E-state index contributed by atoms with van der Waals surface area (Å²) in [6.45, 7) is 5.68. The summed E-state index contributed by atoms with van der Waals surface area (Å²) in [6, 6.07) is 4.04. The van der Waals surface area contributed by atoms with Gasteiger partial charge in [0.05, 0.1) is 5.69 Å². The van der Waals surface area contributed by atoms with E-state index in [1.54, 1.807) is 6.20 Å². The smallest absolute Gasteiger partial charge is 0.122 e. The van der Waals surface area contributed by atoms with Gasteiger partial charge in [0, 0.05) is 12.7 Å². The van der Waals surface area contributed by atoms with Crippen LogP contribution in [0.25, 0.3) is 0 Å². The summed E-state index contributed by atoms with van der Waals surface area (Å²) in [5.74, 6) is 0.871. The molecular weight excluding hydrogens is 230 g/mol. The molecule has 0 atom stereocenters. The summed E-state index contributed by atoms with van der Waals surface area (Å²) in [5.41, 5.74) is 7.56. The van der Waals surface area contributed by atoms with Crippen molar-refractivity contribution in [1.29, 1.82) is 0 Å². The molecule has 1 aromatic rings. The van der Waals surface area contributed by atoms with E-state index in [0.717, 1.165) is 18.2 Å². The highest BCUT2D eigenvalue weighted by Crippen LogP contribution is 2.18. The number of nitrogens with zero attached hydrogens (tertiary/aromatic N) is 2.